The molecule has 104 valence electrons. The van der Waals surface area contributed by atoms with Crippen molar-refractivity contribution < 1.29 is 13.9 Å². The van der Waals surface area contributed by atoms with Gasteiger partial charge in [-0.3, -0.25) is 4.98 Å². The summed E-state index contributed by atoms with van der Waals surface area (Å²) in [5.74, 6) is -0.667. The molecule has 0 aliphatic carbocycles. The molecule has 1 amide bonds. The Balaban J connectivity index is 2.01. The fourth-order valence-electron chi connectivity index (χ4n) is 2.08. The maximum absolute atomic E-state index is 13.5. The van der Waals surface area contributed by atoms with E-state index in [1.54, 1.807) is 4.90 Å². The molecular weight excluding hydrogens is 249 g/mol. The highest BCUT2D eigenvalue weighted by atomic mass is 19.1. The van der Waals surface area contributed by atoms with Crippen molar-refractivity contribution in [2.24, 2.45) is 0 Å². The summed E-state index contributed by atoms with van der Waals surface area (Å²) < 4.78 is 18.8. The number of carbonyl (C=O) groups excluding carboxylic acids is 1. The minimum absolute atomic E-state index is 0.110. The van der Waals surface area contributed by atoms with Gasteiger partial charge in [-0.15, -0.1) is 0 Å². The smallest absolute Gasteiger partial charge is 0.410 e. The first-order valence-electron chi connectivity index (χ1n) is 6.31. The summed E-state index contributed by atoms with van der Waals surface area (Å²) in [7, 11) is 0. The monoisotopic (exact) mass is 267 g/mol. The van der Waals surface area contributed by atoms with Gasteiger partial charge in [0.2, 0.25) is 5.95 Å². The van der Waals surface area contributed by atoms with E-state index in [2.05, 4.69) is 9.97 Å². The Morgan fingerprint density at radius 1 is 1.42 bits per heavy atom. The lowest BCUT2D eigenvalue weighted by Gasteiger charge is -2.24. The molecule has 0 spiro atoms. The summed E-state index contributed by atoms with van der Waals surface area (Å²) in [6.07, 6.45) is 3.10. The molecule has 1 aliphatic rings. The number of carbonyl (C=O) groups is 1. The number of nitrogens with zero attached hydrogens (tertiary/aromatic N) is 3. The number of hydrogen-bond acceptors (Lipinski definition) is 4. The summed E-state index contributed by atoms with van der Waals surface area (Å²) in [6, 6.07) is 0. The molecule has 1 atom stereocenters. The van der Waals surface area contributed by atoms with E-state index in [0.29, 0.717) is 25.2 Å². The number of amides is 1. The van der Waals surface area contributed by atoms with Crippen LogP contribution in [0, 0.1) is 5.95 Å². The van der Waals surface area contributed by atoms with Crippen molar-refractivity contribution in [1.82, 2.24) is 14.9 Å². The minimum atomic E-state index is -0.557. The number of rotatable bonds is 1. The van der Waals surface area contributed by atoms with Gasteiger partial charge in [0.1, 0.15) is 11.3 Å². The molecule has 0 bridgehead atoms. The van der Waals surface area contributed by atoms with Gasteiger partial charge in [0.25, 0.3) is 0 Å². The summed E-state index contributed by atoms with van der Waals surface area (Å²) >= 11 is 0. The lowest BCUT2D eigenvalue weighted by Crippen LogP contribution is -2.35. The Morgan fingerprint density at radius 2 is 2.11 bits per heavy atom. The second-order valence-electron chi connectivity index (χ2n) is 5.64. The van der Waals surface area contributed by atoms with Crippen molar-refractivity contribution in [2.45, 2.75) is 38.7 Å². The van der Waals surface area contributed by atoms with Gasteiger partial charge in [0.15, 0.2) is 0 Å². The highest BCUT2D eigenvalue weighted by molar-refractivity contribution is 5.68. The predicted octanol–water partition coefficient (Wildman–Crippen LogP) is 2.34. The van der Waals surface area contributed by atoms with Gasteiger partial charge in [-0.1, -0.05) is 0 Å². The fourth-order valence-corrected chi connectivity index (χ4v) is 2.08. The second kappa shape index (κ2) is 5.11. The van der Waals surface area contributed by atoms with Crippen LogP contribution in [0.15, 0.2) is 12.4 Å². The van der Waals surface area contributed by atoms with Crippen LogP contribution in [0.25, 0.3) is 0 Å². The van der Waals surface area contributed by atoms with E-state index in [1.807, 2.05) is 20.8 Å². The third-order valence-electron chi connectivity index (χ3n) is 2.91. The predicted molar refractivity (Wildman–Crippen MR) is 67.2 cm³/mol. The average molecular weight is 267 g/mol. The van der Waals surface area contributed by atoms with Crippen LogP contribution in [0.4, 0.5) is 9.18 Å². The van der Waals surface area contributed by atoms with Crippen molar-refractivity contribution >= 4 is 6.09 Å². The van der Waals surface area contributed by atoms with Crippen molar-refractivity contribution in [3.8, 4) is 0 Å². The summed E-state index contributed by atoms with van der Waals surface area (Å²) in [6.45, 7) is 6.43. The van der Waals surface area contributed by atoms with Crippen molar-refractivity contribution in [2.75, 3.05) is 13.1 Å². The first kappa shape index (κ1) is 13.7. The largest absolute Gasteiger partial charge is 0.444 e. The van der Waals surface area contributed by atoms with Gasteiger partial charge >= 0.3 is 6.09 Å². The van der Waals surface area contributed by atoms with E-state index in [0.717, 1.165) is 0 Å². The molecule has 1 aromatic heterocycles. The van der Waals surface area contributed by atoms with Gasteiger partial charge < -0.3 is 9.64 Å². The molecule has 1 unspecified atom stereocenters. The maximum Gasteiger partial charge on any atom is 0.410 e. The SMILES string of the molecule is CC(C)(C)OC(=O)N1CCC(c2nccnc2F)C1. The highest BCUT2D eigenvalue weighted by Gasteiger charge is 2.32. The molecule has 1 aromatic rings. The van der Waals surface area contributed by atoms with Gasteiger partial charge in [0.05, 0.1) is 0 Å². The van der Waals surface area contributed by atoms with E-state index >= 15 is 0 Å². The van der Waals surface area contributed by atoms with E-state index in [4.69, 9.17) is 4.74 Å². The van der Waals surface area contributed by atoms with Crippen LogP contribution in [0.2, 0.25) is 0 Å². The lowest BCUT2D eigenvalue weighted by atomic mass is 10.1. The van der Waals surface area contributed by atoms with Crippen LogP contribution >= 0.6 is 0 Å². The zero-order valence-electron chi connectivity index (χ0n) is 11.4. The van der Waals surface area contributed by atoms with Crippen LogP contribution in [0.5, 0.6) is 0 Å². The molecule has 6 heteroatoms. The molecule has 2 rings (SSSR count). The zero-order chi connectivity index (χ0) is 14.0. The third kappa shape index (κ3) is 3.39. The first-order valence-corrected chi connectivity index (χ1v) is 6.31. The maximum atomic E-state index is 13.5. The normalized spacial score (nSPS) is 19.6. The Morgan fingerprint density at radius 3 is 2.74 bits per heavy atom. The van der Waals surface area contributed by atoms with E-state index in [-0.39, 0.29) is 12.0 Å². The van der Waals surface area contributed by atoms with E-state index in [9.17, 15) is 9.18 Å². The van der Waals surface area contributed by atoms with Gasteiger partial charge in [-0.05, 0) is 27.2 Å². The van der Waals surface area contributed by atoms with Gasteiger partial charge in [-0.2, -0.15) is 4.39 Å². The van der Waals surface area contributed by atoms with Gasteiger partial charge in [0, 0.05) is 31.4 Å². The summed E-state index contributed by atoms with van der Waals surface area (Å²) in [5.41, 5.74) is -0.193. The molecule has 19 heavy (non-hydrogen) atoms. The van der Waals surface area contributed by atoms with Crippen LogP contribution in [0.3, 0.4) is 0 Å². The summed E-state index contributed by atoms with van der Waals surface area (Å²) in [5, 5.41) is 0. The van der Waals surface area contributed by atoms with Crippen LogP contribution < -0.4 is 0 Å². The molecule has 0 radical (unpaired) electrons. The van der Waals surface area contributed by atoms with Gasteiger partial charge in [-0.25, -0.2) is 9.78 Å². The zero-order valence-corrected chi connectivity index (χ0v) is 11.4. The number of aromatic nitrogens is 2. The molecular formula is C13H18FN3O2. The molecule has 2 heterocycles. The molecule has 1 saturated heterocycles. The number of likely N-dealkylation sites (tertiary alicyclic amines) is 1. The van der Waals surface area contributed by atoms with Crippen LogP contribution in [0.1, 0.15) is 38.8 Å². The summed E-state index contributed by atoms with van der Waals surface area (Å²) in [4.78, 5) is 21.1. The quantitative estimate of drug-likeness (QED) is 0.783. The molecule has 0 N–H and O–H groups in total. The molecule has 0 aromatic carbocycles. The van der Waals surface area contributed by atoms with Crippen LogP contribution in [-0.2, 0) is 4.74 Å². The third-order valence-corrected chi connectivity index (χ3v) is 2.91. The van der Waals surface area contributed by atoms with E-state index in [1.165, 1.54) is 12.4 Å². The fraction of sp³-hybridized carbons (Fsp3) is 0.615. The van der Waals surface area contributed by atoms with Crippen molar-refractivity contribution in [1.29, 1.82) is 0 Å². The Kier molecular flexibility index (Phi) is 3.68. The lowest BCUT2D eigenvalue weighted by molar-refractivity contribution is 0.0292. The molecule has 1 fully saturated rings. The van der Waals surface area contributed by atoms with Crippen molar-refractivity contribution in [3.05, 3.63) is 24.0 Å². The standard InChI is InChI=1S/C13H18FN3O2/c1-13(2,3)19-12(18)17-7-4-9(8-17)10-11(14)16-6-5-15-10/h5-6,9H,4,7-8H2,1-3H3. The second-order valence-corrected chi connectivity index (χ2v) is 5.64. The molecule has 5 nitrogen and oxygen atoms in total. The van der Waals surface area contributed by atoms with E-state index < -0.39 is 11.5 Å². The first-order chi connectivity index (χ1) is 8.87. The van der Waals surface area contributed by atoms with Crippen LogP contribution in [-0.4, -0.2) is 39.7 Å². The number of ether oxygens (including phenoxy) is 1. The Labute approximate surface area is 111 Å². The Bertz CT molecular complexity index is 473. The average Bonchev–Trinajstić information content (AvgIpc) is 2.76. The number of halogens is 1. The molecule has 1 aliphatic heterocycles. The Hall–Kier alpha value is -1.72. The van der Waals surface area contributed by atoms with Crippen molar-refractivity contribution in [3.63, 3.8) is 0 Å². The topological polar surface area (TPSA) is 55.3 Å². The minimum Gasteiger partial charge on any atom is -0.444 e. The number of hydrogen-bond donors (Lipinski definition) is 0. The highest BCUT2D eigenvalue weighted by Crippen LogP contribution is 2.27. The molecule has 0 saturated carbocycles.